The summed E-state index contributed by atoms with van der Waals surface area (Å²) in [4.78, 5) is 2.08. The van der Waals surface area contributed by atoms with Gasteiger partial charge in [-0.1, -0.05) is 0 Å². The Morgan fingerprint density at radius 2 is 1.60 bits per heavy atom. The van der Waals surface area contributed by atoms with Crippen LogP contribution in [0.1, 0.15) is 12.8 Å². The molecule has 20 heavy (non-hydrogen) atoms. The molecule has 0 radical (unpaired) electrons. The quantitative estimate of drug-likeness (QED) is 0.708. The third kappa shape index (κ3) is 2.80. The van der Waals surface area contributed by atoms with Crippen molar-refractivity contribution in [1.29, 1.82) is 0 Å². The highest BCUT2D eigenvalue weighted by atomic mass is 32.2. The molecule has 3 rings (SSSR count). The van der Waals surface area contributed by atoms with E-state index in [2.05, 4.69) is 4.72 Å². The van der Waals surface area contributed by atoms with Crippen molar-refractivity contribution < 1.29 is 18.6 Å². The smallest absolute Gasteiger partial charge is 0.240 e. The van der Waals surface area contributed by atoms with Gasteiger partial charge in [-0.3, -0.25) is 0 Å². The van der Waals surface area contributed by atoms with Crippen molar-refractivity contribution in [2.45, 2.75) is 36.0 Å². The highest BCUT2D eigenvalue weighted by Gasteiger charge is 2.30. The predicted molar refractivity (Wildman–Crippen MR) is 74.0 cm³/mol. The molecule has 0 spiro atoms. The molecule has 2 aliphatic rings. The summed E-state index contributed by atoms with van der Waals surface area (Å²) in [6, 6.07) is 6.59. The van der Waals surface area contributed by atoms with Gasteiger partial charge in [0.15, 0.2) is 0 Å². The molecule has 0 bridgehead atoms. The number of rotatable bonds is 4. The lowest BCUT2D eigenvalue weighted by molar-refractivity contribution is 0.0572. The van der Waals surface area contributed by atoms with E-state index in [0.29, 0.717) is 13.1 Å². The van der Waals surface area contributed by atoms with E-state index < -0.39 is 22.2 Å². The second-order valence-corrected chi connectivity index (χ2v) is 7.14. The molecule has 110 valence electrons. The van der Waals surface area contributed by atoms with Crippen LogP contribution in [0.15, 0.2) is 29.2 Å². The molecule has 3 N–H and O–H groups in total. The number of hydrogen-bond donors (Lipinski definition) is 3. The molecule has 0 amide bonds. The fraction of sp³-hybridized carbons (Fsp3) is 0.538. The van der Waals surface area contributed by atoms with Crippen molar-refractivity contribution in [2.75, 3.05) is 18.0 Å². The van der Waals surface area contributed by atoms with Crippen LogP contribution in [0.3, 0.4) is 0 Å². The van der Waals surface area contributed by atoms with Crippen LogP contribution in [0, 0.1) is 0 Å². The number of hydrogen-bond acceptors (Lipinski definition) is 5. The SMILES string of the molecule is O=S(=O)(NC1CC1)c1ccc(N2CC(O)C(O)C2)cc1. The van der Waals surface area contributed by atoms with E-state index in [1.807, 2.05) is 4.90 Å². The van der Waals surface area contributed by atoms with Gasteiger partial charge in [0.1, 0.15) is 0 Å². The Balaban J connectivity index is 1.74. The summed E-state index contributed by atoms with van der Waals surface area (Å²) in [5.41, 5.74) is 0.797. The predicted octanol–water partition coefficient (Wildman–Crippen LogP) is -0.331. The molecule has 2 fully saturated rings. The Bertz CT molecular complexity index is 573. The number of nitrogens with zero attached hydrogens (tertiary/aromatic N) is 1. The van der Waals surface area contributed by atoms with Crippen LogP contribution < -0.4 is 9.62 Å². The number of benzene rings is 1. The van der Waals surface area contributed by atoms with Gasteiger partial charge in [-0.2, -0.15) is 0 Å². The largest absolute Gasteiger partial charge is 0.389 e. The van der Waals surface area contributed by atoms with Gasteiger partial charge in [0, 0.05) is 24.8 Å². The van der Waals surface area contributed by atoms with Crippen LogP contribution >= 0.6 is 0 Å². The summed E-state index contributed by atoms with van der Waals surface area (Å²) in [5.74, 6) is 0. The summed E-state index contributed by atoms with van der Waals surface area (Å²) in [7, 11) is -3.43. The molecule has 1 aliphatic carbocycles. The summed E-state index contributed by atoms with van der Waals surface area (Å²) >= 11 is 0. The number of anilines is 1. The molecular formula is C13H18N2O4S. The maximum Gasteiger partial charge on any atom is 0.240 e. The minimum atomic E-state index is -3.43. The summed E-state index contributed by atoms with van der Waals surface area (Å²) in [5, 5.41) is 19.0. The van der Waals surface area contributed by atoms with Gasteiger partial charge < -0.3 is 15.1 Å². The molecule has 6 nitrogen and oxygen atoms in total. The molecule has 1 saturated carbocycles. The van der Waals surface area contributed by atoms with Gasteiger partial charge in [0.05, 0.1) is 17.1 Å². The molecular weight excluding hydrogens is 280 g/mol. The molecule has 2 unspecified atom stereocenters. The monoisotopic (exact) mass is 298 g/mol. The van der Waals surface area contributed by atoms with Gasteiger partial charge in [0.25, 0.3) is 0 Å². The van der Waals surface area contributed by atoms with E-state index in [4.69, 9.17) is 0 Å². The first kappa shape index (κ1) is 13.8. The van der Waals surface area contributed by atoms with Crippen LogP contribution in [0.4, 0.5) is 5.69 Å². The molecule has 7 heteroatoms. The minimum Gasteiger partial charge on any atom is -0.389 e. The van der Waals surface area contributed by atoms with E-state index >= 15 is 0 Å². The average Bonchev–Trinajstić information content (AvgIpc) is 3.14. The first-order chi connectivity index (χ1) is 9.45. The third-order valence-corrected chi connectivity index (χ3v) is 5.21. The zero-order valence-electron chi connectivity index (χ0n) is 10.9. The maximum absolute atomic E-state index is 12.0. The van der Waals surface area contributed by atoms with Gasteiger partial charge in [0.2, 0.25) is 10.0 Å². The molecule has 1 aliphatic heterocycles. The summed E-state index contributed by atoms with van der Waals surface area (Å²) in [6.45, 7) is 0.709. The number of nitrogens with one attached hydrogen (secondary N) is 1. The maximum atomic E-state index is 12.0. The second-order valence-electron chi connectivity index (χ2n) is 5.43. The van der Waals surface area contributed by atoms with Crippen LogP contribution in [-0.2, 0) is 10.0 Å². The van der Waals surface area contributed by atoms with Crippen LogP contribution in [-0.4, -0.2) is 50.0 Å². The zero-order chi connectivity index (χ0) is 14.3. The Kier molecular flexibility index (Phi) is 3.45. The molecule has 1 aromatic carbocycles. The van der Waals surface area contributed by atoms with Gasteiger partial charge in [-0.15, -0.1) is 0 Å². The lowest BCUT2D eigenvalue weighted by Gasteiger charge is -2.18. The van der Waals surface area contributed by atoms with Crippen molar-refractivity contribution in [3.63, 3.8) is 0 Å². The number of β-amino-alcohol motifs (C(OH)–C–C–N with tert-alkyl or cyclic N) is 2. The minimum absolute atomic E-state index is 0.0866. The highest BCUT2D eigenvalue weighted by molar-refractivity contribution is 7.89. The summed E-state index contributed by atoms with van der Waals surface area (Å²) in [6.07, 6.45) is 0.298. The van der Waals surface area contributed by atoms with Crippen molar-refractivity contribution in [3.8, 4) is 0 Å². The van der Waals surface area contributed by atoms with Crippen LogP contribution in [0.2, 0.25) is 0 Å². The normalized spacial score (nSPS) is 27.0. The van der Waals surface area contributed by atoms with Crippen molar-refractivity contribution >= 4 is 15.7 Å². The Morgan fingerprint density at radius 3 is 2.10 bits per heavy atom. The van der Waals surface area contributed by atoms with Crippen molar-refractivity contribution in [3.05, 3.63) is 24.3 Å². The molecule has 1 aromatic rings. The molecule has 1 heterocycles. The van der Waals surface area contributed by atoms with E-state index in [9.17, 15) is 18.6 Å². The van der Waals surface area contributed by atoms with Crippen molar-refractivity contribution in [2.24, 2.45) is 0 Å². The van der Waals surface area contributed by atoms with Gasteiger partial charge in [-0.25, -0.2) is 13.1 Å². The van der Waals surface area contributed by atoms with E-state index in [1.165, 1.54) is 0 Å². The van der Waals surface area contributed by atoms with Gasteiger partial charge in [-0.05, 0) is 37.1 Å². The second kappa shape index (κ2) is 5.00. The third-order valence-electron chi connectivity index (χ3n) is 3.67. The van der Waals surface area contributed by atoms with Gasteiger partial charge >= 0.3 is 0 Å². The topological polar surface area (TPSA) is 89.9 Å². The summed E-state index contributed by atoms with van der Waals surface area (Å²) < 4.78 is 26.7. The lowest BCUT2D eigenvalue weighted by atomic mass is 10.3. The molecule has 2 atom stereocenters. The number of aliphatic hydroxyl groups is 2. The number of sulfonamides is 1. The Labute approximate surface area is 118 Å². The van der Waals surface area contributed by atoms with Crippen LogP contribution in [0.5, 0.6) is 0 Å². The number of aliphatic hydroxyl groups excluding tert-OH is 2. The highest BCUT2D eigenvalue weighted by Crippen LogP contribution is 2.25. The molecule has 1 saturated heterocycles. The van der Waals surface area contributed by atoms with E-state index in [1.54, 1.807) is 24.3 Å². The van der Waals surface area contributed by atoms with Crippen LogP contribution in [0.25, 0.3) is 0 Å². The first-order valence-corrected chi connectivity index (χ1v) is 8.17. The van der Waals surface area contributed by atoms with Crippen molar-refractivity contribution in [1.82, 2.24) is 4.72 Å². The lowest BCUT2D eigenvalue weighted by Crippen LogP contribution is -2.26. The molecule has 0 aromatic heterocycles. The average molecular weight is 298 g/mol. The zero-order valence-corrected chi connectivity index (χ0v) is 11.8. The fourth-order valence-corrected chi connectivity index (χ4v) is 3.61. The standard InChI is InChI=1S/C13H18N2O4S/c16-12-7-15(8-13(12)17)10-3-5-11(6-4-10)20(18,19)14-9-1-2-9/h3-6,9,12-14,16-17H,1-2,7-8H2. The fourth-order valence-electron chi connectivity index (χ4n) is 2.31. The first-order valence-electron chi connectivity index (χ1n) is 6.69. The van der Waals surface area contributed by atoms with E-state index in [-0.39, 0.29) is 10.9 Å². The Morgan fingerprint density at radius 1 is 1.05 bits per heavy atom. The van der Waals surface area contributed by atoms with E-state index in [0.717, 1.165) is 18.5 Å². The Hall–Kier alpha value is -1.15.